The molecule has 8 rings (SSSR count). The molecule has 2 aliphatic heterocycles. The van der Waals surface area contributed by atoms with Crippen LogP contribution in [0.1, 0.15) is 62.3 Å². The molecule has 238 valence electrons. The van der Waals surface area contributed by atoms with Crippen LogP contribution in [0.2, 0.25) is 0 Å². The van der Waals surface area contributed by atoms with Crippen LogP contribution in [0.4, 0.5) is 0 Å². The highest BCUT2D eigenvalue weighted by molar-refractivity contribution is 6.00. The van der Waals surface area contributed by atoms with Crippen LogP contribution in [0.5, 0.6) is 0 Å². The number of ether oxygens (including phenoxy) is 1. The van der Waals surface area contributed by atoms with Crippen molar-refractivity contribution in [1.82, 2.24) is 24.3 Å². The summed E-state index contributed by atoms with van der Waals surface area (Å²) in [7, 11) is 1.40. The first-order valence-corrected chi connectivity index (χ1v) is 16.4. The van der Waals surface area contributed by atoms with Gasteiger partial charge >= 0.3 is 5.97 Å². The molecule has 9 heteroatoms. The number of esters is 1. The van der Waals surface area contributed by atoms with Gasteiger partial charge in [-0.1, -0.05) is 60.7 Å². The van der Waals surface area contributed by atoms with Crippen molar-refractivity contribution >= 4 is 28.8 Å². The summed E-state index contributed by atoms with van der Waals surface area (Å²) in [6.07, 6.45) is 2.89. The molecule has 2 amide bonds. The fourth-order valence-corrected chi connectivity index (χ4v) is 8.38. The summed E-state index contributed by atoms with van der Waals surface area (Å²) in [5.74, 6) is -0.275. The topological polar surface area (TPSA) is 101 Å². The first-order chi connectivity index (χ1) is 23.0. The molecule has 3 aliphatic rings. The molecule has 2 aromatic heterocycles. The Labute approximate surface area is 273 Å². The Balaban J connectivity index is 1.29. The lowest BCUT2D eigenvalue weighted by molar-refractivity contribution is -0.153. The Kier molecular flexibility index (Phi) is 7.19. The minimum atomic E-state index is -1.31. The van der Waals surface area contributed by atoms with Crippen molar-refractivity contribution in [3.8, 4) is 0 Å². The highest BCUT2D eigenvalue weighted by atomic mass is 16.5. The molecule has 3 atom stereocenters. The van der Waals surface area contributed by atoms with Gasteiger partial charge in [-0.15, -0.1) is 0 Å². The summed E-state index contributed by atoms with van der Waals surface area (Å²) in [6, 6.07) is 28.9. The Bertz CT molecular complexity index is 1940. The number of para-hydroxylation sites is 2. The van der Waals surface area contributed by atoms with Crippen molar-refractivity contribution in [2.24, 2.45) is 5.92 Å². The van der Waals surface area contributed by atoms with Gasteiger partial charge in [-0.25, -0.2) is 9.78 Å². The van der Waals surface area contributed by atoms with Gasteiger partial charge in [0.1, 0.15) is 11.5 Å². The largest absolute Gasteiger partial charge is 0.467 e. The summed E-state index contributed by atoms with van der Waals surface area (Å²) < 4.78 is 7.73. The Morgan fingerprint density at radius 3 is 2.34 bits per heavy atom. The average Bonchev–Trinajstić information content (AvgIpc) is 3.93. The monoisotopic (exact) mass is 627 g/mol. The summed E-state index contributed by atoms with van der Waals surface area (Å²) in [4.78, 5) is 54.8. The highest BCUT2D eigenvalue weighted by Gasteiger charge is 2.64. The van der Waals surface area contributed by atoms with Gasteiger partial charge in [-0.2, -0.15) is 0 Å². The number of rotatable bonds is 7. The van der Waals surface area contributed by atoms with Crippen LogP contribution in [0, 0.1) is 5.92 Å². The zero-order chi connectivity index (χ0) is 32.1. The number of hydrogen-bond donors (Lipinski definition) is 1. The fraction of sp³-hybridized carbons (Fsp3) is 0.316. The van der Waals surface area contributed by atoms with E-state index in [2.05, 4.69) is 9.55 Å². The molecule has 47 heavy (non-hydrogen) atoms. The van der Waals surface area contributed by atoms with Crippen molar-refractivity contribution < 1.29 is 19.1 Å². The van der Waals surface area contributed by atoms with Gasteiger partial charge in [-0.05, 0) is 66.6 Å². The van der Waals surface area contributed by atoms with E-state index < -0.39 is 11.5 Å². The first kappa shape index (κ1) is 29.2. The van der Waals surface area contributed by atoms with E-state index in [1.54, 1.807) is 17.0 Å². The number of amides is 2. The zero-order valence-electron chi connectivity index (χ0n) is 26.4. The average molecular weight is 628 g/mol. The minimum absolute atomic E-state index is 0.00787. The van der Waals surface area contributed by atoms with E-state index in [4.69, 9.17) is 9.72 Å². The number of carbonyl (C=O) groups is 3. The van der Waals surface area contributed by atoms with Crippen LogP contribution < -0.4 is 0 Å². The molecule has 5 aromatic rings. The molecule has 0 bridgehead atoms. The molecule has 2 saturated heterocycles. The normalized spacial score (nSPS) is 21.6. The first-order valence-electron chi connectivity index (χ1n) is 16.4. The van der Waals surface area contributed by atoms with E-state index in [-0.39, 0.29) is 23.7 Å². The predicted molar refractivity (Wildman–Crippen MR) is 177 cm³/mol. The molecule has 0 unspecified atom stereocenters. The van der Waals surface area contributed by atoms with Gasteiger partial charge in [0.2, 0.25) is 0 Å². The molecule has 0 radical (unpaired) electrons. The van der Waals surface area contributed by atoms with E-state index >= 15 is 0 Å². The van der Waals surface area contributed by atoms with Gasteiger partial charge in [0.15, 0.2) is 5.54 Å². The van der Waals surface area contributed by atoms with Crippen LogP contribution in [-0.4, -0.2) is 74.4 Å². The number of methoxy groups -OCH3 is 1. The highest BCUT2D eigenvalue weighted by Crippen LogP contribution is 2.55. The van der Waals surface area contributed by atoms with Gasteiger partial charge in [-0.3, -0.25) is 9.59 Å². The second-order valence-corrected chi connectivity index (χ2v) is 13.0. The number of H-pyrrole nitrogens is 1. The van der Waals surface area contributed by atoms with E-state index in [0.717, 1.165) is 59.6 Å². The second-order valence-electron chi connectivity index (χ2n) is 13.0. The quantitative estimate of drug-likeness (QED) is 0.250. The third-order valence-corrected chi connectivity index (χ3v) is 10.4. The lowest BCUT2D eigenvalue weighted by atomic mass is 9.75. The Hall–Kier alpha value is -5.18. The molecule has 1 N–H and O–H groups in total. The molecule has 0 spiro atoms. The van der Waals surface area contributed by atoms with Crippen LogP contribution in [0.15, 0.2) is 91.0 Å². The molecule has 4 heterocycles. The van der Waals surface area contributed by atoms with Crippen LogP contribution in [0.25, 0.3) is 11.0 Å². The fourth-order valence-electron chi connectivity index (χ4n) is 8.38. The van der Waals surface area contributed by atoms with Crippen molar-refractivity contribution in [2.75, 3.05) is 26.7 Å². The van der Waals surface area contributed by atoms with Gasteiger partial charge in [0.05, 0.1) is 24.7 Å². The number of nitrogens with zero attached hydrogens (tertiary/aromatic N) is 4. The molecule has 9 nitrogen and oxygen atoms in total. The van der Waals surface area contributed by atoms with Crippen LogP contribution in [0.3, 0.4) is 0 Å². The molecule has 1 aliphatic carbocycles. The zero-order valence-corrected chi connectivity index (χ0v) is 26.4. The maximum atomic E-state index is 14.4. The number of aromatic nitrogens is 3. The van der Waals surface area contributed by atoms with Crippen molar-refractivity contribution in [2.45, 2.75) is 43.7 Å². The molecular formula is C38H37N5O4. The maximum absolute atomic E-state index is 14.4. The lowest BCUT2D eigenvalue weighted by Gasteiger charge is -2.40. The lowest BCUT2D eigenvalue weighted by Crippen LogP contribution is -2.58. The second kappa shape index (κ2) is 11.6. The summed E-state index contributed by atoms with van der Waals surface area (Å²) in [5.41, 5.74) is 4.54. The van der Waals surface area contributed by atoms with Crippen molar-refractivity contribution in [3.63, 3.8) is 0 Å². The van der Waals surface area contributed by atoms with E-state index in [1.165, 1.54) is 7.11 Å². The third kappa shape index (κ3) is 4.75. The smallest absolute Gasteiger partial charge is 0.332 e. The number of benzene rings is 3. The SMILES string of the molecule is COC(=O)[C@@]1(Cc2ccccc2)[C@H]2c3cc(C(=O)N4CCCC4)n(Cc4nc5ccccc5[nH]4)c3C[C@H]2CN1C(=O)c1ccccc1. The number of carbonyl (C=O) groups excluding carboxylic acids is 3. The number of fused-ring (bicyclic) bond motifs is 4. The number of aromatic amines is 1. The Morgan fingerprint density at radius 1 is 0.915 bits per heavy atom. The summed E-state index contributed by atoms with van der Waals surface area (Å²) in [5, 5.41) is 0. The molecular weight excluding hydrogens is 590 g/mol. The minimum Gasteiger partial charge on any atom is -0.467 e. The number of imidazole rings is 1. The molecule has 3 aromatic carbocycles. The van der Waals surface area contributed by atoms with Crippen molar-refractivity contribution in [1.29, 1.82) is 0 Å². The number of hydrogen-bond acceptors (Lipinski definition) is 5. The maximum Gasteiger partial charge on any atom is 0.332 e. The van der Waals surface area contributed by atoms with Crippen molar-refractivity contribution in [3.05, 3.63) is 125 Å². The Morgan fingerprint density at radius 2 is 1.62 bits per heavy atom. The molecule has 0 saturated carbocycles. The summed E-state index contributed by atoms with van der Waals surface area (Å²) >= 11 is 0. The van der Waals surface area contributed by atoms with E-state index in [1.807, 2.05) is 83.8 Å². The van der Waals surface area contributed by atoms with E-state index in [0.29, 0.717) is 37.2 Å². The van der Waals surface area contributed by atoms with Crippen LogP contribution >= 0.6 is 0 Å². The molecule has 2 fully saturated rings. The van der Waals surface area contributed by atoms with Gasteiger partial charge in [0, 0.05) is 43.2 Å². The van der Waals surface area contributed by atoms with Crippen LogP contribution in [-0.2, 0) is 28.9 Å². The van der Waals surface area contributed by atoms with Gasteiger partial charge in [0.25, 0.3) is 11.8 Å². The predicted octanol–water partition coefficient (Wildman–Crippen LogP) is 5.22. The third-order valence-electron chi connectivity index (χ3n) is 10.4. The number of likely N-dealkylation sites (tertiary alicyclic amines) is 2. The van der Waals surface area contributed by atoms with Gasteiger partial charge < -0.3 is 24.1 Å². The standard InChI is InChI=1S/C38H37N5O4/c1-47-37(46)38(22-25-12-4-2-5-13-25)34-27(23-43(38)35(44)26-14-6-3-7-15-26)20-31-28(34)21-32(36(45)41-18-10-11-19-41)42(31)24-33-39-29-16-8-9-17-30(29)40-33/h2-9,12-17,21,27,34H,10-11,18-20,22-24H2,1H3,(H,39,40)/t27-,34+,38+/m0/s1. The van der Waals surface area contributed by atoms with E-state index in [9.17, 15) is 14.4 Å². The number of nitrogens with one attached hydrogen (secondary N) is 1. The summed E-state index contributed by atoms with van der Waals surface area (Å²) in [6.45, 7) is 2.25.